The minimum Gasteiger partial charge on any atom is -0.368 e. The summed E-state index contributed by atoms with van der Waals surface area (Å²) in [5, 5.41) is 6.97. The first-order chi connectivity index (χ1) is 16.9. The Hall–Kier alpha value is -4.26. The average Bonchev–Trinajstić information content (AvgIpc) is 2.87. The van der Waals surface area contributed by atoms with E-state index in [-0.39, 0.29) is 18.4 Å². The molecule has 3 aromatic carbocycles. The number of rotatable bonds is 9. The molecule has 1 aromatic heterocycles. The average molecular weight is 468 g/mol. The van der Waals surface area contributed by atoms with Gasteiger partial charge in [0.15, 0.2) is 5.82 Å². The second-order valence-electron chi connectivity index (χ2n) is 8.75. The van der Waals surface area contributed by atoms with E-state index in [4.69, 9.17) is 5.73 Å². The first-order valence-electron chi connectivity index (χ1n) is 11.6. The number of amides is 2. The van der Waals surface area contributed by atoms with Crippen LogP contribution in [-0.4, -0.2) is 27.8 Å². The van der Waals surface area contributed by atoms with Crippen molar-refractivity contribution in [2.75, 3.05) is 5.32 Å². The van der Waals surface area contributed by atoms with Crippen molar-refractivity contribution >= 4 is 28.5 Å². The maximum absolute atomic E-state index is 13.4. The molecule has 2 amide bonds. The predicted octanol–water partition coefficient (Wildman–Crippen LogP) is 4.00. The minimum absolute atomic E-state index is 0.0260. The summed E-state index contributed by atoms with van der Waals surface area (Å²) in [5.74, 6) is -0.138. The number of hydrogen-bond donors (Lipinski definition) is 3. The van der Waals surface area contributed by atoms with Crippen molar-refractivity contribution in [2.24, 2.45) is 11.7 Å². The number of fused-ring (bicyclic) bond motifs is 1. The molecular weight excluding hydrogens is 438 g/mol. The van der Waals surface area contributed by atoms with Gasteiger partial charge in [-0.3, -0.25) is 9.59 Å². The van der Waals surface area contributed by atoms with Crippen LogP contribution in [0.25, 0.3) is 10.9 Å². The Labute approximate surface area is 204 Å². The smallest absolute Gasteiger partial charge is 0.240 e. The summed E-state index contributed by atoms with van der Waals surface area (Å²) in [4.78, 5) is 34.6. The molecule has 0 saturated heterocycles. The summed E-state index contributed by atoms with van der Waals surface area (Å²) >= 11 is 0. The zero-order valence-corrected chi connectivity index (χ0v) is 19.8. The van der Waals surface area contributed by atoms with Crippen LogP contribution in [0.1, 0.15) is 36.7 Å². The van der Waals surface area contributed by atoms with Crippen molar-refractivity contribution in [3.05, 3.63) is 102 Å². The number of aromatic nitrogens is 2. The molecule has 0 fully saturated rings. The lowest BCUT2D eigenvalue weighted by atomic mass is 9.90. The first kappa shape index (κ1) is 23.9. The van der Waals surface area contributed by atoms with E-state index in [1.54, 1.807) is 0 Å². The van der Waals surface area contributed by atoms with Gasteiger partial charge < -0.3 is 16.4 Å². The van der Waals surface area contributed by atoms with Crippen LogP contribution in [0, 0.1) is 5.92 Å². The van der Waals surface area contributed by atoms with E-state index in [2.05, 4.69) is 20.6 Å². The Morgan fingerprint density at radius 2 is 1.40 bits per heavy atom. The van der Waals surface area contributed by atoms with Gasteiger partial charge in [-0.15, -0.1) is 0 Å². The van der Waals surface area contributed by atoms with Gasteiger partial charge in [0.1, 0.15) is 11.9 Å². The van der Waals surface area contributed by atoms with Crippen molar-refractivity contribution in [3.8, 4) is 0 Å². The lowest BCUT2D eigenvalue weighted by Gasteiger charge is -2.21. The lowest BCUT2D eigenvalue weighted by molar-refractivity contribution is -0.122. The molecule has 0 spiro atoms. The zero-order chi connectivity index (χ0) is 24.8. The largest absolute Gasteiger partial charge is 0.368 e. The molecule has 0 aliphatic carbocycles. The van der Waals surface area contributed by atoms with Gasteiger partial charge in [-0.25, -0.2) is 9.97 Å². The summed E-state index contributed by atoms with van der Waals surface area (Å²) in [6, 6.07) is 26.3. The third-order valence-corrected chi connectivity index (χ3v) is 5.86. The summed E-state index contributed by atoms with van der Waals surface area (Å²) < 4.78 is 0. The number of carbonyl (C=O) groups is 2. The van der Waals surface area contributed by atoms with Crippen LogP contribution < -0.4 is 16.4 Å². The van der Waals surface area contributed by atoms with Gasteiger partial charge in [-0.2, -0.15) is 0 Å². The Balaban J connectivity index is 1.61. The van der Waals surface area contributed by atoms with Gasteiger partial charge in [0, 0.05) is 5.39 Å². The molecule has 0 aliphatic rings. The van der Waals surface area contributed by atoms with Crippen LogP contribution in [0.2, 0.25) is 0 Å². The lowest BCUT2D eigenvalue weighted by Crippen LogP contribution is -2.40. The fourth-order valence-electron chi connectivity index (χ4n) is 4.08. The molecule has 7 nitrogen and oxygen atoms in total. The van der Waals surface area contributed by atoms with Crippen molar-refractivity contribution in [1.29, 1.82) is 0 Å². The molecular formula is C28H29N5O2. The summed E-state index contributed by atoms with van der Waals surface area (Å²) in [6.45, 7) is 3.97. The highest BCUT2D eigenvalue weighted by Gasteiger charge is 2.24. The molecule has 0 bridgehead atoms. The molecule has 4 rings (SSSR count). The SMILES string of the molecule is CC(C)[C@H](Nc1nc(CNC(=O)C(c2ccccc2)c2ccccc2)nc2ccccc12)C(N)=O. The van der Waals surface area contributed by atoms with Gasteiger partial charge in [0.2, 0.25) is 11.8 Å². The molecule has 1 atom stereocenters. The predicted molar refractivity (Wildman–Crippen MR) is 138 cm³/mol. The molecule has 0 unspecified atom stereocenters. The summed E-state index contributed by atoms with van der Waals surface area (Å²) in [7, 11) is 0. The Morgan fingerprint density at radius 1 is 0.829 bits per heavy atom. The highest BCUT2D eigenvalue weighted by atomic mass is 16.2. The second kappa shape index (κ2) is 10.8. The highest BCUT2D eigenvalue weighted by molar-refractivity contribution is 5.92. The molecule has 0 saturated carbocycles. The molecule has 1 heterocycles. The maximum atomic E-state index is 13.4. The molecule has 35 heavy (non-hydrogen) atoms. The molecule has 7 heteroatoms. The second-order valence-corrected chi connectivity index (χ2v) is 8.75. The van der Waals surface area contributed by atoms with Gasteiger partial charge >= 0.3 is 0 Å². The van der Waals surface area contributed by atoms with Gasteiger partial charge in [0.25, 0.3) is 0 Å². The van der Waals surface area contributed by atoms with Crippen LogP contribution in [0.15, 0.2) is 84.9 Å². The van der Waals surface area contributed by atoms with Crippen LogP contribution >= 0.6 is 0 Å². The first-order valence-corrected chi connectivity index (χ1v) is 11.6. The Morgan fingerprint density at radius 3 is 1.97 bits per heavy atom. The fourth-order valence-corrected chi connectivity index (χ4v) is 4.08. The van der Waals surface area contributed by atoms with Crippen LogP contribution in [-0.2, 0) is 16.1 Å². The molecule has 0 aliphatic heterocycles. The molecule has 178 valence electrons. The van der Waals surface area contributed by atoms with E-state index in [0.717, 1.165) is 16.5 Å². The topological polar surface area (TPSA) is 110 Å². The normalized spacial score (nSPS) is 12.0. The van der Waals surface area contributed by atoms with E-state index in [9.17, 15) is 9.59 Å². The maximum Gasteiger partial charge on any atom is 0.240 e. The number of nitrogens with zero attached hydrogens (tertiary/aromatic N) is 2. The van der Waals surface area contributed by atoms with Crippen molar-refractivity contribution in [1.82, 2.24) is 15.3 Å². The molecule has 4 N–H and O–H groups in total. The third kappa shape index (κ3) is 5.63. The fraction of sp³-hybridized carbons (Fsp3) is 0.214. The number of benzene rings is 3. The van der Waals surface area contributed by atoms with Crippen LogP contribution in [0.5, 0.6) is 0 Å². The van der Waals surface area contributed by atoms with Gasteiger partial charge in [-0.05, 0) is 29.2 Å². The number of anilines is 1. The quantitative estimate of drug-likeness (QED) is 0.345. The van der Waals surface area contributed by atoms with E-state index >= 15 is 0 Å². The number of carbonyl (C=O) groups excluding carboxylic acids is 2. The third-order valence-electron chi connectivity index (χ3n) is 5.86. The molecule has 4 aromatic rings. The Kier molecular flexibility index (Phi) is 7.35. The van der Waals surface area contributed by atoms with E-state index in [1.165, 1.54) is 0 Å². The van der Waals surface area contributed by atoms with E-state index in [0.29, 0.717) is 17.2 Å². The number of primary amides is 1. The summed E-state index contributed by atoms with van der Waals surface area (Å²) in [6.07, 6.45) is 0. The number of nitrogens with one attached hydrogen (secondary N) is 2. The van der Waals surface area contributed by atoms with E-state index < -0.39 is 17.9 Å². The van der Waals surface area contributed by atoms with Crippen LogP contribution in [0.3, 0.4) is 0 Å². The minimum atomic E-state index is -0.587. The Bertz CT molecular complexity index is 1270. The van der Waals surface area contributed by atoms with E-state index in [1.807, 2.05) is 98.8 Å². The highest BCUT2D eigenvalue weighted by Crippen LogP contribution is 2.25. The number of nitrogens with two attached hydrogens (primary N) is 1. The van der Waals surface area contributed by atoms with Gasteiger partial charge in [-0.1, -0.05) is 86.6 Å². The number of hydrogen-bond acceptors (Lipinski definition) is 5. The summed E-state index contributed by atoms with van der Waals surface area (Å²) in [5.41, 5.74) is 8.12. The van der Waals surface area contributed by atoms with Crippen molar-refractivity contribution in [3.63, 3.8) is 0 Å². The van der Waals surface area contributed by atoms with Gasteiger partial charge in [0.05, 0.1) is 18.0 Å². The van der Waals surface area contributed by atoms with Crippen molar-refractivity contribution in [2.45, 2.75) is 32.4 Å². The standard InChI is InChI=1S/C28H29N5O2/c1-18(2)25(26(29)34)33-27-21-15-9-10-16-22(21)31-23(32-27)17-30-28(35)24(19-11-5-3-6-12-19)20-13-7-4-8-14-20/h3-16,18,24-25H,17H2,1-2H3,(H2,29,34)(H,30,35)(H,31,32,33)/t25-/m0/s1. The van der Waals surface area contributed by atoms with Crippen LogP contribution in [0.4, 0.5) is 5.82 Å². The zero-order valence-electron chi connectivity index (χ0n) is 19.8. The number of para-hydroxylation sites is 1. The molecule has 0 radical (unpaired) electrons. The van der Waals surface area contributed by atoms with Crippen molar-refractivity contribution < 1.29 is 9.59 Å². The monoisotopic (exact) mass is 467 g/mol.